The average Bonchev–Trinajstić information content (AvgIpc) is 3.29. The Morgan fingerprint density at radius 3 is 2.84 bits per heavy atom. The van der Waals surface area contributed by atoms with Crippen molar-refractivity contribution in [1.29, 1.82) is 0 Å². The molecule has 25 heavy (non-hydrogen) atoms. The smallest absolute Gasteiger partial charge is 0.256 e. The number of fused-ring (bicyclic) bond motifs is 7. The molecule has 0 aliphatic carbocycles. The summed E-state index contributed by atoms with van der Waals surface area (Å²) in [5, 5.41) is 0. The van der Waals surface area contributed by atoms with Crippen molar-refractivity contribution in [3.63, 3.8) is 0 Å². The fourth-order valence-electron chi connectivity index (χ4n) is 3.75. The first-order chi connectivity index (χ1) is 12.4. The van der Waals surface area contributed by atoms with Crippen LogP contribution in [0.25, 0.3) is 34.1 Å². The molecule has 0 radical (unpaired) electrons. The van der Waals surface area contributed by atoms with Crippen LogP contribution in [-0.4, -0.2) is 23.9 Å². The number of aromatic nitrogens is 6. The van der Waals surface area contributed by atoms with Gasteiger partial charge in [-0.2, -0.15) is 4.98 Å². The van der Waals surface area contributed by atoms with Crippen molar-refractivity contribution < 1.29 is 4.57 Å². The quantitative estimate of drug-likeness (QED) is 0.436. The maximum atomic E-state index is 4.84. The summed E-state index contributed by atoms with van der Waals surface area (Å²) in [6.07, 6.45) is 7.40. The Kier molecular flexibility index (Phi) is 2.31. The van der Waals surface area contributed by atoms with E-state index in [1.165, 1.54) is 5.56 Å². The molecule has 0 atom stereocenters. The zero-order chi connectivity index (χ0) is 16.4. The first-order valence-corrected chi connectivity index (χ1v) is 8.18. The highest BCUT2D eigenvalue weighted by Crippen LogP contribution is 2.32. The summed E-state index contributed by atoms with van der Waals surface area (Å²) in [4.78, 5) is 13.7. The van der Waals surface area contributed by atoms with Crippen LogP contribution in [0.2, 0.25) is 0 Å². The number of para-hydroxylation sites is 1. The van der Waals surface area contributed by atoms with E-state index >= 15 is 0 Å². The molecule has 0 amide bonds. The van der Waals surface area contributed by atoms with Gasteiger partial charge in [0.25, 0.3) is 17.1 Å². The molecule has 5 aromatic rings. The molecule has 5 heterocycles. The molecule has 6 nitrogen and oxygen atoms in total. The number of hydrogen-bond donors (Lipinski definition) is 0. The van der Waals surface area contributed by atoms with E-state index in [-0.39, 0.29) is 0 Å². The number of imidazole rings is 2. The second-order valence-corrected chi connectivity index (χ2v) is 6.16. The summed E-state index contributed by atoms with van der Waals surface area (Å²) >= 11 is 0. The molecule has 0 unspecified atom stereocenters. The normalized spacial score (nSPS) is 12.6. The van der Waals surface area contributed by atoms with E-state index in [9.17, 15) is 0 Å². The van der Waals surface area contributed by atoms with Crippen LogP contribution in [0.3, 0.4) is 0 Å². The summed E-state index contributed by atoms with van der Waals surface area (Å²) < 4.78 is 6.58. The highest BCUT2D eigenvalue weighted by atomic mass is 15.3. The molecule has 1 aliphatic rings. The average molecular weight is 325 g/mol. The lowest BCUT2D eigenvalue weighted by molar-refractivity contribution is -0.648. The van der Waals surface area contributed by atoms with Gasteiger partial charge in [-0.3, -0.25) is 4.98 Å². The molecule has 118 valence electrons. The SMILES string of the molecule is c1ccc(-n2c3[n+](c4c2nc2cnccn24)Cc2cccnc2-3)cc1. The lowest BCUT2D eigenvalue weighted by Crippen LogP contribution is -2.32. The molecule has 4 aromatic heterocycles. The van der Waals surface area contributed by atoms with E-state index in [4.69, 9.17) is 4.98 Å². The van der Waals surface area contributed by atoms with Crippen molar-refractivity contribution in [1.82, 2.24) is 23.9 Å². The van der Waals surface area contributed by atoms with Crippen molar-refractivity contribution >= 4 is 16.9 Å². The van der Waals surface area contributed by atoms with Gasteiger partial charge in [0, 0.05) is 11.8 Å². The van der Waals surface area contributed by atoms with Gasteiger partial charge in [-0.15, -0.1) is 0 Å². The van der Waals surface area contributed by atoms with Crippen LogP contribution in [0, 0.1) is 0 Å². The Labute approximate surface area is 142 Å². The minimum Gasteiger partial charge on any atom is -0.256 e. The van der Waals surface area contributed by atoms with Gasteiger partial charge in [-0.25, -0.2) is 18.5 Å². The largest absolute Gasteiger partial charge is 0.296 e. The van der Waals surface area contributed by atoms with Crippen molar-refractivity contribution in [2.24, 2.45) is 0 Å². The van der Waals surface area contributed by atoms with E-state index in [1.807, 2.05) is 36.7 Å². The molecule has 6 rings (SSSR count). The minimum atomic E-state index is 0.797. The summed E-state index contributed by atoms with van der Waals surface area (Å²) in [6, 6.07) is 14.5. The van der Waals surface area contributed by atoms with E-state index in [0.717, 1.165) is 40.7 Å². The van der Waals surface area contributed by atoms with Gasteiger partial charge in [-0.1, -0.05) is 24.3 Å². The highest BCUT2D eigenvalue weighted by molar-refractivity contribution is 5.78. The molecule has 0 spiro atoms. The molecule has 0 saturated heterocycles. The molecular formula is C19H13N6+. The van der Waals surface area contributed by atoms with E-state index in [0.29, 0.717) is 0 Å². The Morgan fingerprint density at radius 1 is 1.00 bits per heavy atom. The van der Waals surface area contributed by atoms with Gasteiger partial charge in [-0.05, 0) is 18.2 Å². The number of benzene rings is 1. The maximum Gasteiger partial charge on any atom is 0.296 e. The fraction of sp³-hybridized carbons (Fsp3) is 0.0526. The fourth-order valence-corrected chi connectivity index (χ4v) is 3.75. The van der Waals surface area contributed by atoms with Gasteiger partial charge in [0.1, 0.15) is 11.4 Å². The standard InChI is InChI=1S/C19H13N6/c1-2-6-14(7-3-1)25-17-19(23-10-9-20-11-15(23)22-17)24-12-13-5-4-8-21-16(13)18(24)25/h1-11H,12H2/q+1. The second-order valence-electron chi connectivity index (χ2n) is 6.16. The van der Waals surface area contributed by atoms with Crippen LogP contribution in [0.4, 0.5) is 0 Å². The van der Waals surface area contributed by atoms with Crippen molar-refractivity contribution in [3.8, 4) is 17.2 Å². The van der Waals surface area contributed by atoms with Gasteiger partial charge in [0.15, 0.2) is 0 Å². The van der Waals surface area contributed by atoms with E-state index in [1.54, 1.807) is 12.4 Å². The van der Waals surface area contributed by atoms with E-state index < -0.39 is 0 Å². The minimum absolute atomic E-state index is 0.797. The van der Waals surface area contributed by atoms with Crippen LogP contribution in [-0.2, 0) is 6.54 Å². The summed E-state index contributed by atoms with van der Waals surface area (Å²) in [5.74, 6) is 1.07. The van der Waals surface area contributed by atoms with Gasteiger partial charge < -0.3 is 0 Å². The van der Waals surface area contributed by atoms with Crippen LogP contribution in [0.1, 0.15) is 5.56 Å². The second kappa shape index (κ2) is 4.51. The zero-order valence-electron chi connectivity index (χ0n) is 13.2. The van der Waals surface area contributed by atoms with Crippen LogP contribution in [0.15, 0.2) is 67.3 Å². The van der Waals surface area contributed by atoms with Crippen LogP contribution < -0.4 is 4.57 Å². The predicted octanol–water partition coefficient (Wildman–Crippen LogP) is 2.38. The molecule has 0 bridgehead atoms. The lowest BCUT2D eigenvalue weighted by Gasteiger charge is -2.02. The van der Waals surface area contributed by atoms with E-state index in [2.05, 4.69) is 41.7 Å². The van der Waals surface area contributed by atoms with Crippen molar-refractivity contribution in [3.05, 3.63) is 72.8 Å². The maximum absolute atomic E-state index is 4.84. The van der Waals surface area contributed by atoms with Gasteiger partial charge in [0.05, 0.1) is 25.1 Å². The molecule has 0 saturated carbocycles. The molecule has 0 N–H and O–H groups in total. The molecular weight excluding hydrogens is 312 g/mol. The number of nitrogens with zero attached hydrogens (tertiary/aromatic N) is 6. The monoisotopic (exact) mass is 325 g/mol. The number of rotatable bonds is 1. The molecule has 1 aromatic carbocycles. The Hall–Kier alpha value is -3.54. The van der Waals surface area contributed by atoms with Gasteiger partial charge in [0.2, 0.25) is 5.65 Å². The summed E-state index contributed by atoms with van der Waals surface area (Å²) in [5.41, 5.74) is 6.16. The topological polar surface area (TPSA) is 51.9 Å². The molecule has 1 aliphatic heterocycles. The Balaban J connectivity index is 1.83. The summed E-state index contributed by atoms with van der Waals surface area (Å²) in [6.45, 7) is 0.797. The van der Waals surface area contributed by atoms with Gasteiger partial charge >= 0.3 is 0 Å². The Bertz CT molecular complexity index is 1270. The number of pyridine rings is 1. The van der Waals surface area contributed by atoms with Crippen LogP contribution in [0.5, 0.6) is 0 Å². The first-order valence-electron chi connectivity index (χ1n) is 8.18. The third-order valence-electron chi connectivity index (χ3n) is 4.77. The lowest BCUT2D eigenvalue weighted by atomic mass is 10.2. The van der Waals surface area contributed by atoms with Crippen LogP contribution >= 0.6 is 0 Å². The zero-order valence-corrected chi connectivity index (χ0v) is 13.2. The predicted molar refractivity (Wildman–Crippen MR) is 92.3 cm³/mol. The number of hydrogen-bond acceptors (Lipinski definition) is 3. The van der Waals surface area contributed by atoms with Crippen molar-refractivity contribution in [2.45, 2.75) is 6.54 Å². The molecule has 6 heteroatoms. The third-order valence-corrected chi connectivity index (χ3v) is 4.77. The molecule has 0 fully saturated rings. The third kappa shape index (κ3) is 1.58. The Morgan fingerprint density at radius 2 is 1.92 bits per heavy atom. The summed E-state index contributed by atoms with van der Waals surface area (Å²) in [7, 11) is 0. The first kappa shape index (κ1) is 12.8. The van der Waals surface area contributed by atoms with Crippen molar-refractivity contribution in [2.75, 3.05) is 0 Å². The highest BCUT2D eigenvalue weighted by Gasteiger charge is 2.36.